The molecule has 0 saturated carbocycles. The second kappa shape index (κ2) is 6.73. The number of sulfonamides is 1. The van der Waals surface area contributed by atoms with Crippen LogP contribution in [0.3, 0.4) is 0 Å². The quantitative estimate of drug-likeness (QED) is 0.615. The number of methoxy groups -OCH3 is 1. The van der Waals surface area contributed by atoms with Crippen molar-refractivity contribution in [2.75, 3.05) is 11.8 Å². The maximum Gasteiger partial charge on any atom is 0.342 e. The van der Waals surface area contributed by atoms with Crippen LogP contribution in [0.5, 0.6) is 0 Å². The maximum absolute atomic E-state index is 12.4. The Labute approximate surface area is 142 Å². The highest BCUT2D eigenvalue weighted by molar-refractivity contribution is 7.92. The second-order valence-corrected chi connectivity index (χ2v) is 6.58. The lowest BCUT2D eigenvalue weighted by molar-refractivity contribution is 0.0596. The van der Waals surface area contributed by atoms with Gasteiger partial charge < -0.3 is 4.74 Å². The van der Waals surface area contributed by atoms with Gasteiger partial charge in [-0.05, 0) is 17.7 Å². The van der Waals surface area contributed by atoms with Gasteiger partial charge in [-0.25, -0.2) is 4.79 Å². The number of nitrogens with one attached hydrogen (secondary N) is 2. The van der Waals surface area contributed by atoms with E-state index in [4.69, 9.17) is 0 Å². The number of nitrogens with zero attached hydrogens (tertiary/aromatic N) is 4. The highest BCUT2D eigenvalue weighted by Crippen LogP contribution is 2.17. The molecular weight excluding hydrogens is 348 g/mol. The minimum absolute atomic E-state index is 0.111. The van der Waals surface area contributed by atoms with Crippen molar-refractivity contribution in [1.82, 2.24) is 25.0 Å². The van der Waals surface area contributed by atoms with Gasteiger partial charge in [-0.1, -0.05) is 0 Å². The van der Waals surface area contributed by atoms with Crippen LogP contribution < -0.4 is 4.72 Å². The molecule has 0 amide bonds. The van der Waals surface area contributed by atoms with Gasteiger partial charge in [0.05, 0.1) is 19.9 Å². The lowest BCUT2D eigenvalue weighted by Crippen LogP contribution is -2.17. The van der Waals surface area contributed by atoms with Crippen molar-refractivity contribution in [3.05, 3.63) is 54.1 Å². The molecule has 3 aromatic rings. The van der Waals surface area contributed by atoms with Crippen LogP contribution in [-0.2, 0) is 21.3 Å². The SMILES string of the molecule is COC(=O)c1cn[nH]c1S(=O)(=O)Nc1ccn(Cc2ccncc2)n1. The molecular formula is C14H14N6O4S. The van der Waals surface area contributed by atoms with Crippen molar-refractivity contribution in [2.45, 2.75) is 11.6 Å². The van der Waals surface area contributed by atoms with Crippen molar-refractivity contribution >= 4 is 21.8 Å². The number of H-pyrrole nitrogens is 1. The molecule has 0 aromatic carbocycles. The number of carbonyl (C=O) groups is 1. The Hall–Kier alpha value is -3.21. The molecule has 0 bridgehead atoms. The van der Waals surface area contributed by atoms with Crippen molar-refractivity contribution in [3.8, 4) is 0 Å². The number of aromatic nitrogens is 5. The summed E-state index contributed by atoms with van der Waals surface area (Å²) in [4.78, 5) is 15.5. The van der Waals surface area contributed by atoms with Crippen LogP contribution in [0.15, 0.2) is 48.0 Å². The number of ether oxygens (including phenoxy) is 1. The van der Waals surface area contributed by atoms with Gasteiger partial charge in [-0.2, -0.15) is 18.6 Å². The number of aromatic amines is 1. The third-order valence-electron chi connectivity index (χ3n) is 3.25. The van der Waals surface area contributed by atoms with E-state index in [-0.39, 0.29) is 16.4 Å². The lowest BCUT2D eigenvalue weighted by Gasteiger charge is -2.05. The summed E-state index contributed by atoms with van der Waals surface area (Å²) < 4.78 is 33.2. The standard InChI is InChI=1S/C14H14N6O4S/c1-24-14(21)11-8-16-17-13(11)25(22,23)19-12-4-7-20(18-12)9-10-2-5-15-6-3-10/h2-8H,9H2,1H3,(H,16,17)(H,18,19). The van der Waals surface area contributed by atoms with E-state index in [1.165, 1.54) is 6.07 Å². The first kappa shape index (κ1) is 16.6. The van der Waals surface area contributed by atoms with Crippen molar-refractivity contribution in [3.63, 3.8) is 0 Å². The molecule has 0 unspecified atom stereocenters. The zero-order valence-corrected chi connectivity index (χ0v) is 13.9. The topological polar surface area (TPSA) is 132 Å². The molecule has 0 spiro atoms. The van der Waals surface area contributed by atoms with Gasteiger partial charge in [0.15, 0.2) is 10.8 Å². The normalized spacial score (nSPS) is 11.2. The smallest absolute Gasteiger partial charge is 0.342 e. The molecule has 2 N–H and O–H groups in total. The zero-order valence-electron chi connectivity index (χ0n) is 13.1. The molecule has 130 valence electrons. The largest absolute Gasteiger partial charge is 0.465 e. The summed E-state index contributed by atoms with van der Waals surface area (Å²) >= 11 is 0. The van der Waals surface area contributed by atoms with E-state index in [9.17, 15) is 13.2 Å². The van der Waals surface area contributed by atoms with E-state index < -0.39 is 16.0 Å². The van der Waals surface area contributed by atoms with Gasteiger partial charge in [0.25, 0.3) is 10.0 Å². The average Bonchev–Trinajstić information content (AvgIpc) is 3.24. The molecule has 3 rings (SSSR count). The molecule has 11 heteroatoms. The minimum atomic E-state index is -4.07. The van der Waals surface area contributed by atoms with E-state index in [0.29, 0.717) is 6.54 Å². The summed E-state index contributed by atoms with van der Waals surface area (Å²) in [5.74, 6) is -0.697. The molecule has 0 radical (unpaired) electrons. The first-order valence-electron chi connectivity index (χ1n) is 7.06. The van der Waals surface area contributed by atoms with Crippen LogP contribution in [0, 0.1) is 0 Å². The summed E-state index contributed by atoms with van der Waals surface area (Å²) in [6.07, 6.45) is 6.04. The maximum atomic E-state index is 12.4. The van der Waals surface area contributed by atoms with Gasteiger partial charge in [0.1, 0.15) is 5.56 Å². The number of rotatable bonds is 6. The summed E-state index contributed by atoms with van der Waals surface area (Å²) in [7, 11) is -2.92. The van der Waals surface area contributed by atoms with Crippen LogP contribution in [0.1, 0.15) is 15.9 Å². The summed E-state index contributed by atoms with van der Waals surface area (Å²) in [5, 5.41) is 9.63. The molecule has 0 aliphatic carbocycles. The third-order valence-corrected chi connectivity index (χ3v) is 4.58. The number of hydrogen-bond donors (Lipinski definition) is 2. The number of anilines is 1. The third kappa shape index (κ3) is 3.66. The fourth-order valence-corrected chi connectivity index (χ4v) is 3.19. The first-order chi connectivity index (χ1) is 12.0. The Morgan fingerprint density at radius 1 is 1.32 bits per heavy atom. The van der Waals surface area contributed by atoms with Crippen LogP contribution in [0.25, 0.3) is 0 Å². The molecule has 10 nitrogen and oxygen atoms in total. The molecule has 0 atom stereocenters. The highest BCUT2D eigenvalue weighted by Gasteiger charge is 2.26. The second-order valence-electron chi connectivity index (χ2n) is 4.96. The fourth-order valence-electron chi connectivity index (χ4n) is 2.10. The molecule has 0 aliphatic rings. The van der Waals surface area contributed by atoms with E-state index >= 15 is 0 Å². The molecule has 25 heavy (non-hydrogen) atoms. The van der Waals surface area contributed by atoms with Crippen molar-refractivity contribution in [2.24, 2.45) is 0 Å². The Morgan fingerprint density at radius 2 is 2.08 bits per heavy atom. The predicted octanol–water partition coefficient (Wildman–Crippen LogP) is 0.637. The number of hydrogen-bond acceptors (Lipinski definition) is 7. The van der Waals surface area contributed by atoms with Crippen LogP contribution in [0.2, 0.25) is 0 Å². The van der Waals surface area contributed by atoms with E-state index in [0.717, 1.165) is 18.9 Å². The summed E-state index contributed by atoms with van der Waals surface area (Å²) in [6.45, 7) is 0.460. The monoisotopic (exact) mass is 362 g/mol. The Balaban J connectivity index is 1.78. The zero-order chi connectivity index (χ0) is 17.9. The molecule has 0 fully saturated rings. The fraction of sp³-hybridized carbons (Fsp3) is 0.143. The van der Waals surface area contributed by atoms with Crippen LogP contribution in [-0.4, -0.2) is 46.5 Å². The summed E-state index contributed by atoms with van der Waals surface area (Å²) in [6, 6.07) is 5.17. The van der Waals surface area contributed by atoms with Gasteiger partial charge in [-0.3, -0.25) is 19.5 Å². The van der Waals surface area contributed by atoms with Crippen LogP contribution in [0.4, 0.5) is 5.82 Å². The van der Waals surface area contributed by atoms with E-state index in [2.05, 4.69) is 29.7 Å². The molecule has 3 heterocycles. The Morgan fingerprint density at radius 3 is 2.80 bits per heavy atom. The first-order valence-corrected chi connectivity index (χ1v) is 8.55. The van der Waals surface area contributed by atoms with Crippen molar-refractivity contribution < 1.29 is 17.9 Å². The van der Waals surface area contributed by atoms with Gasteiger partial charge in [0, 0.05) is 24.7 Å². The number of pyridine rings is 1. The summed E-state index contributed by atoms with van der Waals surface area (Å²) in [5.41, 5.74) is 0.778. The molecule has 0 aliphatic heterocycles. The molecule has 0 saturated heterocycles. The predicted molar refractivity (Wildman–Crippen MR) is 86.3 cm³/mol. The van der Waals surface area contributed by atoms with E-state index in [1.54, 1.807) is 23.3 Å². The Kier molecular flexibility index (Phi) is 4.48. The minimum Gasteiger partial charge on any atom is -0.465 e. The number of esters is 1. The van der Waals surface area contributed by atoms with Crippen molar-refractivity contribution in [1.29, 1.82) is 0 Å². The average molecular weight is 362 g/mol. The van der Waals surface area contributed by atoms with E-state index in [1.807, 2.05) is 12.1 Å². The Bertz CT molecular complexity index is 980. The van der Waals surface area contributed by atoms with Gasteiger partial charge in [0.2, 0.25) is 0 Å². The van der Waals surface area contributed by atoms with Gasteiger partial charge in [-0.15, -0.1) is 0 Å². The molecule has 3 aromatic heterocycles. The van der Waals surface area contributed by atoms with Gasteiger partial charge >= 0.3 is 5.97 Å². The number of carbonyl (C=O) groups excluding carboxylic acids is 1. The highest BCUT2D eigenvalue weighted by atomic mass is 32.2. The van der Waals surface area contributed by atoms with Crippen LogP contribution >= 0.6 is 0 Å². The lowest BCUT2D eigenvalue weighted by atomic mass is 10.3.